The van der Waals surface area contributed by atoms with Gasteiger partial charge in [-0.05, 0) is 49.1 Å². The number of fused-ring (bicyclic) bond motifs is 1. The summed E-state index contributed by atoms with van der Waals surface area (Å²) >= 11 is 0. The highest BCUT2D eigenvalue weighted by atomic mass is 16.5. The van der Waals surface area contributed by atoms with Crippen molar-refractivity contribution in [3.63, 3.8) is 0 Å². The maximum atomic E-state index is 13.7. The Balaban J connectivity index is 1.44. The van der Waals surface area contributed by atoms with E-state index in [9.17, 15) is 14.4 Å². The molecule has 3 aliphatic heterocycles. The molecule has 0 unspecified atom stereocenters. The molecule has 0 aromatic heterocycles. The van der Waals surface area contributed by atoms with Crippen LogP contribution in [0.3, 0.4) is 0 Å². The smallest absolute Gasteiger partial charge is 0.251 e. The molecule has 0 saturated carbocycles. The fourth-order valence-corrected chi connectivity index (χ4v) is 5.79. The molecule has 3 heterocycles. The lowest BCUT2D eigenvalue weighted by Gasteiger charge is -2.35. The molecule has 0 aliphatic carbocycles. The summed E-state index contributed by atoms with van der Waals surface area (Å²) in [6.07, 6.45) is 0.267. The van der Waals surface area contributed by atoms with E-state index in [0.717, 1.165) is 38.4 Å². The van der Waals surface area contributed by atoms with E-state index < -0.39 is 12.1 Å². The van der Waals surface area contributed by atoms with Crippen molar-refractivity contribution in [1.82, 2.24) is 15.1 Å². The molecule has 36 heavy (non-hydrogen) atoms. The Morgan fingerprint density at radius 2 is 1.72 bits per heavy atom. The number of carbonyl (C=O) groups excluding carboxylic acids is 3. The fourth-order valence-electron chi connectivity index (χ4n) is 5.79. The fraction of sp³-hybridized carbons (Fsp3) is 0.679. The van der Waals surface area contributed by atoms with Gasteiger partial charge in [-0.15, -0.1) is 0 Å². The number of hydrogen-bond donors (Lipinski definition) is 1. The van der Waals surface area contributed by atoms with Crippen LogP contribution in [0.1, 0.15) is 51.4 Å². The van der Waals surface area contributed by atoms with Crippen molar-refractivity contribution in [2.75, 3.05) is 50.8 Å². The highest BCUT2D eigenvalue weighted by Crippen LogP contribution is 2.36. The van der Waals surface area contributed by atoms with E-state index in [2.05, 4.69) is 35.9 Å². The number of likely N-dealkylation sites (tertiary alicyclic amines) is 1. The molecule has 0 spiro atoms. The summed E-state index contributed by atoms with van der Waals surface area (Å²) in [6, 6.07) is 6.43. The first kappa shape index (κ1) is 26.6. The van der Waals surface area contributed by atoms with Crippen LogP contribution in [0.25, 0.3) is 0 Å². The maximum Gasteiger partial charge on any atom is 0.251 e. The lowest BCUT2D eigenvalue weighted by Crippen LogP contribution is -2.52. The number of ether oxygens (including phenoxy) is 1. The van der Waals surface area contributed by atoms with Gasteiger partial charge in [0.05, 0.1) is 6.10 Å². The van der Waals surface area contributed by atoms with Gasteiger partial charge in [-0.25, -0.2) is 0 Å². The van der Waals surface area contributed by atoms with Gasteiger partial charge in [0, 0.05) is 49.9 Å². The van der Waals surface area contributed by atoms with Crippen LogP contribution in [-0.2, 0) is 14.3 Å². The Labute approximate surface area is 215 Å². The van der Waals surface area contributed by atoms with Gasteiger partial charge in [0.15, 0.2) is 5.78 Å². The Morgan fingerprint density at radius 1 is 1.06 bits per heavy atom. The number of amides is 2. The highest BCUT2D eigenvalue weighted by molar-refractivity contribution is 5.99. The SMILES string of the molecule is CCN1CCN(c2ccc(C(=O)N[C@@H](CC(C)C)C(=O)N3C[C@H](C(C)C)[C@H]4OCC(=O)[C@H]43)cc2)CC1. The van der Waals surface area contributed by atoms with Crippen molar-refractivity contribution < 1.29 is 19.1 Å². The van der Waals surface area contributed by atoms with E-state index in [0.29, 0.717) is 24.4 Å². The van der Waals surface area contributed by atoms with Gasteiger partial charge in [-0.3, -0.25) is 14.4 Å². The maximum absolute atomic E-state index is 13.7. The van der Waals surface area contributed by atoms with Crippen molar-refractivity contribution in [3.05, 3.63) is 29.8 Å². The molecule has 1 N–H and O–H groups in total. The zero-order valence-electron chi connectivity index (χ0n) is 22.4. The van der Waals surface area contributed by atoms with Crippen molar-refractivity contribution in [1.29, 1.82) is 0 Å². The van der Waals surface area contributed by atoms with Gasteiger partial charge < -0.3 is 24.8 Å². The topological polar surface area (TPSA) is 82.2 Å². The molecule has 4 rings (SSSR count). The number of anilines is 1. The van der Waals surface area contributed by atoms with Crippen molar-refractivity contribution in [2.45, 2.75) is 59.2 Å². The quantitative estimate of drug-likeness (QED) is 0.593. The molecular formula is C28H42N4O4. The second-order valence-electron chi connectivity index (χ2n) is 11.2. The number of carbonyl (C=O) groups is 3. The third-order valence-electron chi connectivity index (χ3n) is 7.99. The number of rotatable bonds is 8. The Bertz CT molecular complexity index is 939. The third kappa shape index (κ3) is 5.59. The molecule has 4 atom stereocenters. The predicted molar refractivity (Wildman–Crippen MR) is 140 cm³/mol. The van der Waals surface area contributed by atoms with Crippen LogP contribution in [0.15, 0.2) is 24.3 Å². The number of Topliss-reactive ketones (excluding diaryl/α,β-unsaturated/α-hetero) is 1. The van der Waals surface area contributed by atoms with Crippen LogP contribution in [0.4, 0.5) is 5.69 Å². The van der Waals surface area contributed by atoms with E-state index >= 15 is 0 Å². The minimum Gasteiger partial charge on any atom is -0.369 e. The standard InChI is InChI=1S/C28H42N4O4/c1-6-30-11-13-31(14-12-30)21-9-7-20(8-10-21)27(34)29-23(15-18(2)3)28(35)32-16-22(19(4)5)26-25(32)24(33)17-36-26/h7-10,18-19,22-23,25-26H,6,11-17H2,1-5H3,(H,29,34)/t22-,23+,25-,26-/m1/s1. The zero-order valence-corrected chi connectivity index (χ0v) is 22.4. The van der Waals surface area contributed by atoms with Crippen LogP contribution < -0.4 is 10.2 Å². The summed E-state index contributed by atoms with van der Waals surface area (Å²) in [6.45, 7) is 16.1. The second-order valence-corrected chi connectivity index (χ2v) is 11.2. The molecule has 8 nitrogen and oxygen atoms in total. The van der Waals surface area contributed by atoms with Crippen molar-refractivity contribution in [3.8, 4) is 0 Å². The lowest BCUT2D eigenvalue weighted by atomic mass is 9.91. The van der Waals surface area contributed by atoms with Crippen molar-refractivity contribution >= 4 is 23.3 Å². The van der Waals surface area contributed by atoms with Crippen LogP contribution in [0, 0.1) is 17.8 Å². The van der Waals surface area contributed by atoms with Gasteiger partial charge >= 0.3 is 0 Å². The van der Waals surface area contributed by atoms with E-state index in [1.807, 2.05) is 38.1 Å². The number of hydrogen-bond acceptors (Lipinski definition) is 6. The molecular weight excluding hydrogens is 456 g/mol. The predicted octanol–water partition coefficient (Wildman–Crippen LogP) is 2.42. The summed E-state index contributed by atoms with van der Waals surface area (Å²) in [5.41, 5.74) is 1.65. The minimum absolute atomic E-state index is 0.0403. The van der Waals surface area contributed by atoms with Gasteiger partial charge in [-0.2, -0.15) is 0 Å². The van der Waals surface area contributed by atoms with E-state index in [1.165, 1.54) is 0 Å². The summed E-state index contributed by atoms with van der Waals surface area (Å²) < 4.78 is 5.79. The number of nitrogens with one attached hydrogen (secondary N) is 1. The normalized spacial score (nSPS) is 25.5. The lowest BCUT2D eigenvalue weighted by molar-refractivity contribution is -0.138. The monoisotopic (exact) mass is 498 g/mol. The van der Waals surface area contributed by atoms with Gasteiger partial charge in [-0.1, -0.05) is 34.6 Å². The number of nitrogens with zero attached hydrogens (tertiary/aromatic N) is 3. The largest absolute Gasteiger partial charge is 0.369 e. The van der Waals surface area contributed by atoms with Gasteiger partial charge in [0.2, 0.25) is 5.91 Å². The average Bonchev–Trinajstić information content (AvgIpc) is 3.44. The van der Waals surface area contributed by atoms with E-state index in [1.54, 1.807) is 4.90 Å². The number of benzene rings is 1. The number of piperazine rings is 1. The average molecular weight is 499 g/mol. The van der Waals surface area contributed by atoms with E-state index in [-0.39, 0.29) is 42.1 Å². The first-order valence-corrected chi connectivity index (χ1v) is 13.5. The van der Waals surface area contributed by atoms with Crippen LogP contribution in [0.5, 0.6) is 0 Å². The molecule has 198 valence electrons. The van der Waals surface area contributed by atoms with Crippen LogP contribution in [-0.4, -0.2) is 91.5 Å². The highest BCUT2D eigenvalue weighted by Gasteiger charge is 2.53. The van der Waals surface area contributed by atoms with E-state index in [4.69, 9.17) is 4.74 Å². The number of ketones is 1. The molecule has 3 fully saturated rings. The first-order valence-electron chi connectivity index (χ1n) is 13.5. The Morgan fingerprint density at radius 3 is 2.31 bits per heavy atom. The molecule has 2 amide bonds. The molecule has 3 aliphatic rings. The molecule has 8 heteroatoms. The molecule has 3 saturated heterocycles. The summed E-state index contributed by atoms with van der Waals surface area (Å²) in [5, 5.41) is 2.99. The molecule has 0 bridgehead atoms. The minimum atomic E-state index is -0.681. The third-order valence-corrected chi connectivity index (χ3v) is 7.99. The summed E-state index contributed by atoms with van der Waals surface area (Å²) in [5.74, 6) is 0.135. The molecule has 0 radical (unpaired) electrons. The Kier molecular flexibility index (Phi) is 8.35. The van der Waals surface area contributed by atoms with Crippen molar-refractivity contribution in [2.24, 2.45) is 17.8 Å². The first-order chi connectivity index (χ1) is 17.2. The van der Waals surface area contributed by atoms with Crippen LogP contribution >= 0.6 is 0 Å². The van der Waals surface area contributed by atoms with Crippen LogP contribution in [0.2, 0.25) is 0 Å². The van der Waals surface area contributed by atoms with Gasteiger partial charge in [0.1, 0.15) is 18.7 Å². The summed E-state index contributed by atoms with van der Waals surface area (Å²) in [4.78, 5) is 46.0. The molecule has 1 aromatic rings. The Hall–Kier alpha value is -2.45. The molecule has 1 aromatic carbocycles. The zero-order chi connectivity index (χ0) is 26.0. The van der Waals surface area contributed by atoms with Gasteiger partial charge in [0.25, 0.3) is 5.91 Å². The number of likely N-dealkylation sites (N-methyl/N-ethyl adjacent to an activating group) is 1. The second kappa shape index (κ2) is 11.3. The summed E-state index contributed by atoms with van der Waals surface area (Å²) in [7, 11) is 0.